The van der Waals surface area contributed by atoms with Crippen molar-refractivity contribution in [1.82, 2.24) is 30.6 Å². The lowest BCUT2D eigenvalue weighted by molar-refractivity contribution is -0.185. The zero-order valence-electron chi connectivity index (χ0n) is 18.8. The van der Waals surface area contributed by atoms with E-state index in [9.17, 15) is 30.0 Å². The van der Waals surface area contributed by atoms with Crippen LogP contribution in [0.25, 0.3) is 11.2 Å². The van der Waals surface area contributed by atoms with Gasteiger partial charge in [0.05, 0.1) is 25.6 Å². The van der Waals surface area contributed by atoms with Crippen molar-refractivity contribution in [2.75, 3.05) is 18.5 Å². The summed E-state index contributed by atoms with van der Waals surface area (Å²) in [4.78, 5) is 39.5. The van der Waals surface area contributed by atoms with Crippen LogP contribution >= 0.6 is 0 Å². The number of hydrogen-bond donors (Lipinski definition) is 8. The molecule has 15 nitrogen and oxygen atoms in total. The molecule has 1 fully saturated rings. The lowest BCUT2D eigenvalue weighted by atomic mass is 9.95. The van der Waals surface area contributed by atoms with Crippen molar-refractivity contribution < 1.29 is 39.5 Å². The van der Waals surface area contributed by atoms with Crippen molar-refractivity contribution in [3.05, 3.63) is 12.7 Å². The van der Waals surface area contributed by atoms with Gasteiger partial charge in [0.15, 0.2) is 17.7 Å². The van der Waals surface area contributed by atoms with Crippen LogP contribution in [0, 0.1) is 0 Å². The molecule has 3 heterocycles. The fraction of sp³-hybridized carbons (Fsp3) is 0.632. The van der Waals surface area contributed by atoms with Gasteiger partial charge in [0.25, 0.3) is 0 Å². The van der Waals surface area contributed by atoms with Crippen molar-refractivity contribution in [1.29, 1.82) is 0 Å². The molecular weight excluding hydrogens is 454 g/mol. The normalized spacial score (nSPS) is 26.0. The molecule has 2 aromatic heterocycles. The first-order chi connectivity index (χ1) is 16.0. The maximum atomic E-state index is 12.6. The number of aromatic nitrogens is 4. The van der Waals surface area contributed by atoms with E-state index >= 15 is 0 Å². The molecule has 8 N–H and O–H groups in total. The molecule has 0 bridgehead atoms. The van der Waals surface area contributed by atoms with E-state index in [1.807, 2.05) is 0 Å². The Labute approximate surface area is 193 Å². The van der Waals surface area contributed by atoms with Gasteiger partial charge >= 0.3 is 6.09 Å². The highest BCUT2D eigenvalue weighted by Crippen LogP contribution is 2.24. The third-order valence-electron chi connectivity index (χ3n) is 4.93. The molecule has 0 radical (unpaired) electrons. The number of aliphatic hydroxyl groups excluding tert-OH is 4. The molecule has 0 aliphatic carbocycles. The van der Waals surface area contributed by atoms with Crippen LogP contribution in [-0.4, -0.2) is 108 Å². The molecule has 2 aromatic rings. The maximum absolute atomic E-state index is 12.6. The second kappa shape index (κ2) is 10.4. The van der Waals surface area contributed by atoms with Crippen LogP contribution in [0.2, 0.25) is 0 Å². The molecule has 34 heavy (non-hydrogen) atoms. The predicted molar refractivity (Wildman–Crippen MR) is 115 cm³/mol. The van der Waals surface area contributed by atoms with Gasteiger partial charge in [0.1, 0.15) is 41.8 Å². The van der Waals surface area contributed by atoms with E-state index in [4.69, 9.17) is 9.47 Å². The Balaban J connectivity index is 1.68. The van der Waals surface area contributed by atoms with Crippen molar-refractivity contribution in [3.8, 4) is 0 Å². The zero-order valence-corrected chi connectivity index (χ0v) is 18.8. The third-order valence-corrected chi connectivity index (χ3v) is 4.93. The van der Waals surface area contributed by atoms with Crippen molar-refractivity contribution in [3.63, 3.8) is 0 Å². The summed E-state index contributed by atoms with van der Waals surface area (Å²) in [7, 11) is 0. The molecule has 1 aliphatic heterocycles. The summed E-state index contributed by atoms with van der Waals surface area (Å²) in [5.74, 6) is -0.645. The smallest absolute Gasteiger partial charge is 0.408 e. The minimum atomic E-state index is -1.59. The second-order valence-electron chi connectivity index (χ2n) is 8.64. The van der Waals surface area contributed by atoms with Crippen molar-refractivity contribution in [2.45, 2.75) is 63.0 Å². The quantitative estimate of drug-likeness (QED) is 0.206. The average molecular weight is 483 g/mol. The second-order valence-corrected chi connectivity index (χ2v) is 8.64. The van der Waals surface area contributed by atoms with E-state index in [1.54, 1.807) is 20.8 Å². The van der Waals surface area contributed by atoms with E-state index in [-0.39, 0.29) is 5.82 Å². The van der Waals surface area contributed by atoms with Gasteiger partial charge < -0.3 is 50.8 Å². The molecule has 6 atom stereocenters. The highest BCUT2D eigenvalue weighted by atomic mass is 16.6. The van der Waals surface area contributed by atoms with E-state index in [0.29, 0.717) is 11.2 Å². The summed E-state index contributed by atoms with van der Waals surface area (Å²) in [6, 6.07) is -2.68. The summed E-state index contributed by atoms with van der Waals surface area (Å²) >= 11 is 0. The highest BCUT2D eigenvalue weighted by Gasteiger charge is 2.46. The molecule has 15 heteroatoms. The molecule has 1 aliphatic rings. The Bertz CT molecular complexity index is 994. The van der Waals surface area contributed by atoms with Gasteiger partial charge in [-0.2, -0.15) is 0 Å². The molecule has 3 rings (SSSR count). The molecule has 1 saturated heterocycles. The number of anilines is 1. The van der Waals surface area contributed by atoms with Gasteiger partial charge in [-0.25, -0.2) is 19.7 Å². The number of carbonyl (C=O) groups is 2. The van der Waals surface area contributed by atoms with Crippen LogP contribution in [0.1, 0.15) is 20.8 Å². The Kier molecular flexibility index (Phi) is 7.83. The van der Waals surface area contributed by atoms with Gasteiger partial charge in [-0.3, -0.25) is 4.79 Å². The minimum Gasteiger partial charge on any atom is -0.444 e. The lowest BCUT2D eigenvalue weighted by Gasteiger charge is -2.43. The number of amides is 2. The number of H-pyrrole nitrogens is 1. The first kappa shape index (κ1) is 25.5. The number of ether oxygens (including phenoxy) is 2. The third kappa shape index (κ3) is 5.87. The number of hydrogen-bond acceptors (Lipinski definition) is 12. The molecule has 0 aromatic carbocycles. The van der Waals surface area contributed by atoms with Crippen LogP contribution in [0.3, 0.4) is 0 Å². The van der Waals surface area contributed by atoms with Crippen LogP contribution in [0.5, 0.6) is 0 Å². The first-order valence-electron chi connectivity index (χ1n) is 10.5. The number of aliphatic hydroxyl groups is 4. The van der Waals surface area contributed by atoms with Crippen molar-refractivity contribution in [2.24, 2.45) is 0 Å². The molecule has 2 amide bonds. The monoisotopic (exact) mass is 483 g/mol. The van der Waals surface area contributed by atoms with Gasteiger partial charge in [0, 0.05) is 0 Å². The van der Waals surface area contributed by atoms with E-state index < -0.39 is 67.4 Å². The van der Waals surface area contributed by atoms with Crippen molar-refractivity contribution >= 4 is 29.0 Å². The lowest BCUT2D eigenvalue weighted by Crippen LogP contribution is -2.67. The summed E-state index contributed by atoms with van der Waals surface area (Å²) in [5, 5.41) is 48.0. The van der Waals surface area contributed by atoms with Crippen LogP contribution < -0.4 is 16.0 Å². The fourth-order valence-corrected chi connectivity index (χ4v) is 3.34. The Morgan fingerprint density at radius 2 is 1.94 bits per heavy atom. The first-order valence-corrected chi connectivity index (χ1v) is 10.5. The molecule has 188 valence electrons. The number of nitrogens with zero attached hydrogens (tertiary/aromatic N) is 3. The highest BCUT2D eigenvalue weighted by molar-refractivity contribution is 5.86. The number of imidazole rings is 1. The maximum Gasteiger partial charge on any atom is 0.408 e. The number of rotatable bonds is 7. The van der Waals surface area contributed by atoms with Crippen LogP contribution in [0.15, 0.2) is 12.7 Å². The summed E-state index contributed by atoms with van der Waals surface area (Å²) in [6.45, 7) is 3.51. The number of fused-ring (bicyclic) bond motifs is 1. The Morgan fingerprint density at radius 3 is 2.59 bits per heavy atom. The minimum absolute atomic E-state index is 0.236. The summed E-state index contributed by atoms with van der Waals surface area (Å²) in [6.07, 6.45) is -3.80. The standard InChI is InChI=1S/C19H29N7O8/c1-19(2,3)34-18(32)24-8(4-27)16(31)25-10-9(5-28)33-17(13(30)12(10)29)26-15-11-14(21-6-20-11)22-7-23-15/h6-10,12-13,17,27-30H,4-5H2,1-3H3,(H,24,32)(H,25,31)(H2,20,21,22,23,26)/t8-,9+,10+,12-,13+,17+/m1/s1. The SMILES string of the molecule is CC(C)(C)OC(=O)N[C@H](CO)C(=O)N[C@@H]1[C@@H](O)[C@H](O)[C@@H](Nc2ncnc3nc[nH]c23)O[C@H]1CO. The Hall–Kier alpha value is -3.11. The van der Waals surface area contributed by atoms with Gasteiger partial charge in [-0.1, -0.05) is 0 Å². The Morgan fingerprint density at radius 1 is 1.21 bits per heavy atom. The van der Waals surface area contributed by atoms with E-state index in [2.05, 4.69) is 35.9 Å². The molecular formula is C19H29N7O8. The van der Waals surface area contributed by atoms with E-state index in [1.165, 1.54) is 12.7 Å². The van der Waals surface area contributed by atoms with Gasteiger partial charge in [0.2, 0.25) is 5.91 Å². The van der Waals surface area contributed by atoms with Crippen LogP contribution in [0.4, 0.5) is 10.6 Å². The van der Waals surface area contributed by atoms with E-state index in [0.717, 1.165) is 0 Å². The fourth-order valence-electron chi connectivity index (χ4n) is 3.34. The number of aromatic amines is 1. The largest absolute Gasteiger partial charge is 0.444 e. The van der Waals surface area contributed by atoms with Gasteiger partial charge in [-0.05, 0) is 20.8 Å². The predicted octanol–water partition coefficient (Wildman–Crippen LogP) is -2.43. The summed E-state index contributed by atoms with van der Waals surface area (Å²) in [5.41, 5.74) is -0.0319. The molecule has 0 unspecified atom stereocenters. The number of alkyl carbamates (subject to hydrolysis) is 1. The molecule has 0 saturated carbocycles. The topological polar surface area (TPSA) is 224 Å². The average Bonchev–Trinajstić information content (AvgIpc) is 3.25. The van der Waals surface area contributed by atoms with Crippen LogP contribution in [-0.2, 0) is 14.3 Å². The zero-order chi connectivity index (χ0) is 25.0. The van der Waals surface area contributed by atoms with Gasteiger partial charge in [-0.15, -0.1) is 0 Å². The summed E-state index contributed by atoms with van der Waals surface area (Å²) < 4.78 is 10.7. The number of carbonyl (C=O) groups excluding carboxylic acids is 2. The number of nitrogens with one attached hydrogen (secondary N) is 4. The molecule has 0 spiro atoms.